The van der Waals surface area contributed by atoms with E-state index in [1.54, 1.807) is 0 Å². The molecule has 2 atom stereocenters. The van der Waals surface area contributed by atoms with Gasteiger partial charge in [0, 0.05) is 17.5 Å². The quantitative estimate of drug-likeness (QED) is 0.640. The molecule has 2 bridgehead atoms. The Bertz CT molecular complexity index is 231. The smallest absolute Gasteiger partial charge is 0.475 e. The van der Waals surface area contributed by atoms with Crippen molar-refractivity contribution >= 4 is 17.6 Å². The Morgan fingerprint density at radius 2 is 1.60 bits per heavy atom. The molecule has 2 N–H and O–H groups in total. The van der Waals surface area contributed by atoms with Crippen LogP contribution in [-0.2, 0) is 4.79 Å². The Balaban J connectivity index is 0.000000153. The minimum absolute atomic E-state index is 0.472. The fourth-order valence-electron chi connectivity index (χ4n) is 1.69. The highest BCUT2D eigenvalue weighted by Crippen LogP contribution is 2.30. The van der Waals surface area contributed by atoms with E-state index >= 15 is 0 Å². The number of carboxylic acid groups (broad SMARTS) is 1. The molecule has 0 radical (unpaired) electrons. The zero-order valence-electron chi connectivity index (χ0n) is 7.72. The summed E-state index contributed by atoms with van der Waals surface area (Å²) in [6, 6.07) is 1.55. The van der Waals surface area contributed by atoms with Crippen LogP contribution >= 0.6 is 11.6 Å². The highest BCUT2D eigenvalue weighted by atomic mass is 35.5. The molecule has 1 aliphatic carbocycles. The number of carboxylic acids is 1. The highest BCUT2D eigenvalue weighted by molar-refractivity contribution is 6.20. The van der Waals surface area contributed by atoms with Gasteiger partial charge in [0.2, 0.25) is 0 Å². The van der Waals surface area contributed by atoms with Crippen molar-refractivity contribution in [2.45, 2.75) is 42.9 Å². The summed E-state index contributed by atoms with van der Waals surface area (Å²) in [4.78, 5) is 8.90. The number of fused-ring (bicyclic) bond motifs is 2. The van der Waals surface area contributed by atoms with Gasteiger partial charge in [-0.3, -0.25) is 0 Å². The van der Waals surface area contributed by atoms with Gasteiger partial charge >= 0.3 is 12.1 Å². The first kappa shape index (κ1) is 12.6. The lowest BCUT2D eigenvalue weighted by atomic mass is 9.82. The molecule has 3 aliphatic rings. The summed E-state index contributed by atoms with van der Waals surface area (Å²) < 4.78 is 31.7. The van der Waals surface area contributed by atoms with Crippen LogP contribution in [0.3, 0.4) is 0 Å². The lowest BCUT2D eigenvalue weighted by molar-refractivity contribution is -0.192. The molecule has 3 fully saturated rings. The fraction of sp³-hybridized carbons (Fsp3) is 0.875. The molecule has 2 saturated heterocycles. The first-order valence-electron chi connectivity index (χ1n) is 4.49. The van der Waals surface area contributed by atoms with Crippen LogP contribution in [0.15, 0.2) is 0 Å². The number of hydrogen-bond acceptors (Lipinski definition) is 2. The second-order valence-corrected chi connectivity index (χ2v) is 4.29. The molecule has 0 amide bonds. The van der Waals surface area contributed by atoms with Gasteiger partial charge in [0.05, 0.1) is 0 Å². The Morgan fingerprint density at radius 3 is 1.73 bits per heavy atom. The number of hydrogen-bond donors (Lipinski definition) is 2. The zero-order valence-corrected chi connectivity index (χ0v) is 8.48. The fourth-order valence-corrected chi connectivity index (χ4v) is 2.12. The molecule has 88 valence electrons. The Kier molecular flexibility index (Phi) is 3.83. The first-order chi connectivity index (χ1) is 6.79. The summed E-state index contributed by atoms with van der Waals surface area (Å²) in [6.07, 6.45) is -1.32. The Hall–Kier alpha value is -0.490. The van der Waals surface area contributed by atoms with Crippen LogP contribution < -0.4 is 5.32 Å². The maximum atomic E-state index is 10.6. The molecular formula is C8H11ClF3NO2. The van der Waals surface area contributed by atoms with Crippen LogP contribution in [0.2, 0.25) is 0 Å². The van der Waals surface area contributed by atoms with Gasteiger partial charge in [-0.15, -0.1) is 11.6 Å². The molecule has 0 spiro atoms. The van der Waals surface area contributed by atoms with E-state index in [1.807, 2.05) is 0 Å². The molecule has 7 heteroatoms. The van der Waals surface area contributed by atoms with Crippen molar-refractivity contribution in [3.05, 3.63) is 0 Å². The zero-order chi connectivity index (χ0) is 11.6. The standard InChI is InChI=1S/C6H10ClN.C2HF3O2/c7-4-1-5-3-6(2-4)8-5;3-2(4,5)1(6)7/h4-6,8H,1-3H2;(H,6,7). The second-order valence-electron chi connectivity index (χ2n) is 3.67. The van der Waals surface area contributed by atoms with Crippen molar-refractivity contribution in [2.75, 3.05) is 0 Å². The monoisotopic (exact) mass is 245 g/mol. The Morgan fingerprint density at radius 1 is 1.27 bits per heavy atom. The van der Waals surface area contributed by atoms with Crippen molar-refractivity contribution in [3.63, 3.8) is 0 Å². The van der Waals surface area contributed by atoms with Gasteiger partial charge in [-0.25, -0.2) is 4.79 Å². The molecule has 15 heavy (non-hydrogen) atoms. The number of alkyl halides is 4. The van der Waals surface area contributed by atoms with E-state index < -0.39 is 12.1 Å². The van der Waals surface area contributed by atoms with E-state index in [0.717, 1.165) is 12.1 Å². The van der Waals surface area contributed by atoms with Crippen LogP contribution in [-0.4, -0.2) is 34.7 Å². The summed E-state index contributed by atoms with van der Waals surface area (Å²) in [6.45, 7) is 0. The van der Waals surface area contributed by atoms with E-state index in [9.17, 15) is 13.2 Å². The minimum atomic E-state index is -5.08. The molecule has 2 unspecified atom stereocenters. The second kappa shape index (κ2) is 4.57. The number of carbonyl (C=O) groups is 1. The lowest BCUT2D eigenvalue weighted by Crippen LogP contribution is -2.58. The summed E-state index contributed by atoms with van der Waals surface area (Å²) in [7, 11) is 0. The maximum Gasteiger partial charge on any atom is 0.490 e. The molecule has 3 rings (SSSR count). The number of piperidine rings is 1. The molecule has 1 saturated carbocycles. The summed E-state index contributed by atoms with van der Waals surface area (Å²) in [5.74, 6) is -2.76. The van der Waals surface area contributed by atoms with Crippen molar-refractivity contribution < 1.29 is 23.1 Å². The van der Waals surface area contributed by atoms with Crippen LogP contribution in [0.4, 0.5) is 13.2 Å². The van der Waals surface area contributed by atoms with Gasteiger partial charge in [-0.1, -0.05) is 0 Å². The van der Waals surface area contributed by atoms with Crippen molar-refractivity contribution in [1.82, 2.24) is 5.32 Å². The van der Waals surface area contributed by atoms with Crippen molar-refractivity contribution in [3.8, 4) is 0 Å². The van der Waals surface area contributed by atoms with E-state index in [4.69, 9.17) is 21.5 Å². The van der Waals surface area contributed by atoms with Crippen LogP contribution in [0.5, 0.6) is 0 Å². The molecule has 0 aromatic carbocycles. The third kappa shape index (κ3) is 3.87. The lowest BCUT2D eigenvalue weighted by Gasteiger charge is -2.44. The number of rotatable bonds is 0. The van der Waals surface area contributed by atoms with E-state index in [2.05, 4.69) is 5.32 Å². The minimum Gasteiger partial charge on any atom is -0.475 e. The third-order valence-corrected chi connectivity index (χ3v) is 2.72. The van der Waals surface area contributed by atoms with E-state index in [1.165, 1.54) is 19.3 Å². The number of aliphatic carboxylic acids is 1. The molecule has 3 nitrogen and oxygen atoms in total. The van der Waals surface area contributed by atoms with Crippen molar-refractivity contribution in [2.24, 2.45) is 0 Å². The van der Waals surface area contributed by atoms with Crippen molar-refractivity contribution in [1.29, 1.82) is 0 Å². The molecular weight excluding hydrogens is 235 g/mol. The predicted octanol–water partition coefficient (Wildman–Crippen LogP) is 1.75. The van der Waals surface area contributed by atoms with Gasteiger partial charge in [-0.2, -0.15) is 13.2 Å². The van der Waals surface area contributed by atoms with Gasteiger partial charge in [0.25, 0.3) is 0 Å². The largest absolute Gasteiger partial charge is 0.490 e. The van der Waals surface area contributed by atoms with Crippen LogP contribution in [0.25, 0.3) is 0 Å². The normalized spacial score (nSPS) is 33.5. The average molecular weight is 246 g/mol. The SMILES string of the molecule is ClC1CC2CC(C1)N2.O=C(O)C(F)(F)F. The number of nitrogens with one attached hydrogen (secondary N) is 1. The topological polar surface area (TPSA) is 49.3 Å². The third-order valence-electron chi connectivity index (χ3n) is 2.36. The van der Waals surface area contributed by atoms with Crippen LogP contribution in [0.1, 0.15) is 19.3 Å². The van der Waals surface area contributed by atoms with Gasteiger partial charge in [0.1, 0.15) is 0 Å². The predicted molar refractivity (Wildman–Crippen MR) is 47.9 cm³/mol. The number of halogens is 4. The summed E-state index contributed by atoms with van der Waals surface area (Å²) in [5, 5.41) is 11.0. The molecule has 0 aromatic rings. The molecule has 2 aliphatic heterocycles. The van der Waals surface area contributed by atoms with E-state index in [-0.39, 0.29) is 0 Å². The molecule has 2 heterocycles. The first-order valence-corrected chi connectivity index (χ1v) is 4.93. The van der Waals surface area contributed by atoms with Gasteiger partial charge in [0.15, 0.2) is 0 Å². The highest BCUT2D eigenvalue weighted by Gasteiger charge is 2.38. The average Bonchev–Trinajstić information content (AvgIpc) is 2.00. The Labute approximate surface area is 89.6 Å². The summed E-state index contributed by atoms with van der Waals surface area (Å²) in [5.41, 5.74) is 0. The van der Waals surface area contributed by atoms with Gasteiger partial charge in [-0.05, 0) is 19.3 Å². The summed E-state index contributed by atoms with van der Waals surface area (Å²) >= 11 is 5.90. The maximum absolute atomic E-state index is 10.6. The van der Waals surface area contributed by atoms with Gasteiger partial charge < -0.3 is 10.4 Å². The molecule has 0 aromatic heterocycles. The van der Waals surface area contributed by atoms with Crippen LogP contribution in [0, 0.1) is 0 Å². The van der Waals surface area contributed by atoms with E-state index in [0.29, 0.717) is 5.38 Å².